The van der Waals surface area contributed by atoms with Crippen LogP contribution < -0.4 is 5.43 Å². The standard InChI is InChI=1S/C10H16N2O4/c1-14-5-8-3-2-4-12(8)11-10(13)9-6-15-7-16-9/h6,8H,2-5,7H2,1H3,(H,11,13)/t8-/m0/s1. The summed E-state index contributed by atoms with van der Waals surface area (Å²) in [7, 11) is 1.66. The first kappa shape index (κ1) is 11.2. The lowest BCUT2D eigenvalue weighted by Crippen LogP contribution is -2.47. The van der Waals surface area contributed by atoms with Crippen LogP contribution in [0.1, 0.15) is 12.8 Å². The molecule has 2 rings (SSSR count). The molecule has 1 fully saturated rings. The molecule has 1 amide bonds. The van der Waals surface area contributed by atoms with Crippen LogP contribution in [0.25, 0.3) is 0 Å². The van der Waals surface area contributed by atoms with E-state index in [9.17, 15) is 4.79 Å². The molecule has 0 aromatic heterocycles. The highest BCUT2D eigenvalue weighted by Crippen LogP contribution is 2.15. The molecule has 6 heteroatoms. The molecule has 0 saturated carbocycles. The summed E-state index contributed by atoms with van der Waals surface area (Å²) >= 11 is 0. The Labute approximate surface area is 94.1 Å². The minimum atomic E-state index is -0.263. The van der Waals surface area contributed by atoms with Crippen LogP contribution in [0.4, 0.5) is 0 Å². The molecule has 0 aromatic carbocycles. The first-order valence-electron chi connectivity index (χ1n) is 5.32. The van der Waals surface area contributed by atoms with Crippen molar-refractivity contribution in [1.82, 2.24) is 10.4 Å². The molecule has 0 unspecified atom stereocenters. The predicted octanol–water partition coefficient (Wildman–Crippen LogP) is -0.0259. The van der Waals surface area contributed by atoms with E-state index in [1.165, 1.54) is 6.26 Å². The smallest absolute Gasteiger partial charge is 0.304 e. The summed E-state index contributed by atoms with van der Waals surface area (Å²) in [6.45, 7) is 1.58. The number of rotatable bonds is 4. The third kappa shape index (κ3) is 2.45. The van der Waals surface area contributed by atoms with E-state index in [0.717, 1.165) is 19.4 Å². The molecule has 90 valence electrons. The lowest BCUT2D eigenvalue weighted by molar-refractivity contribution is -0.126. The zero-order valence-electron chi connectivity index (χ0n) is 9.27. The van der Waals surface area contributed by atoms with E-state index in [0.29, 0.717) is 6.61 Å². The highest BCUT2D eigenvalue weighted by molar-refractivity contribution is 5.90. The molecule has 1 atom stereocenters. The first-order valence-corrected chi connectivity index (χ1v) is 5.32. The third-order valence-corrected chi connectivity index (χ3v) is 2.68. The highest BCUT2D eigenvalue weighted by Gasteiger charge is 2.27. The van der Waals surface area contributed by atoms with Gasteiger partial charge in [-0.2, -0.15) is 0 Å². The van der Waals surface area contributed by atoms with Gasteiger partial charge in [0.15, 0.2) is 0 Å². The molecule has 0 aliphatic carbocycles. The van der Waals surface area contributed by atoms with E-state index < -0.39 is 0 Å². The molecule has 16 heavy (non-hydrogen) atoms. The number of hydrazine groups is 1. The van der Waals surface area contributed by atoms with Crippen molar-refractivity contribution in [2.45, 2.75) is 18.9 Å². The fourth-order valence-corrected chi connectivity index (χ4v) is 1.89. The van der Waals surface area contributed by atoms with Crippen LogP contribution in [0.5, 0.6) is 0 Å². The first-order chi connectivity index (χ1) is 7.81. The second kappa shape index (κ2) is 5.18. The van der Waals surface area contributed by atoms with Crippen molar-refractivity contribution >= 4 is 5.91 Å². The number of nitrogens with one attached hydrogen (secondary N) is 1. The zero-order valence-corrected chi connectivity index (χ0v) is 9.27. The Bertz CT molecular complexity index is 293. The Morgan fingerprint density at radius 2 is 2.62 bits per heavy atom. The molecule has 2 aliphatic rings. The van der Waals surface area contributed by atoms with E-state index in [1.54, 1.807) is 7.11 Å². The van der Waals surface area contributed by atoms with Gasteiger partial charge in [-0.05, 0) is 12.8 Å². The fourth-order valence-electron chi connectivity index (χ4n) is 1.89. The summed E-state index contributed by atoms with van der Waals surface area (Å²) in [6.07, 6.45) is 3.42. The molecule has 2 heterocycles. The molecule has 0 radical (unpaired) electrons. The highest BCUT2D eigenvalue weighted by atomic mass is 16.7. The van der Waals surface area contributed by atoms with Crippen LogP contribution in [-0.4, -0.2) is 44.0 Å². The quantitative estimate of drug-likeness (QED) is 0.732. The maximum Gasteiger partial charge on any atom is 0.304 e. The van der Waals surface area contributed by atoms with Gasteiger partial charge in [0.05, 0.1) is 12.6 Å². The molecule has 0 aromatic rings. The normalized spacial score (nSPS) is 24.8. The maximum atomic E-state index is 11.7. The number of nitrogens with zero attached hydrogens (tertiary/aromatic N) is 1. The average molecular weight is 228 g/mol. The molecule has 0 bridgehead atoms. The third-order valence-electron chi connectivity index (χ3n) is 2.68. The van der Waals surface area contributed by atoms with Crippen molar-refractivity contribution in [2.24, 2.45) is 0 Å². The lowest BCUT2D eigenvalue weighted by Gasteiger charge is -2.24. The maximum absolute atomic E-state index is 11.7. The van der Waals surface area contributed by atoms with Gasteiger partial charge < -0.3 is 14.2 Å². The fraction of sp³-hybridized carbons (Fsp3) is 0.700. The Morgan fingerprint density at radius 1 is 1.75 bits per heavy atom. The van der Waals surface area contributed by atoms with Gasteiger partial charge in [0.1, 0.15) is 6.26 Å². The van der Waals surface area contributed by atoms with Crippen LogP contribution in [-0.2, 0) is 19.0 Å². The number of methoxy groups -OCH3 is 1. The minimum absolute atomic E-state index is 0.115. The molecule has 1 saturated heterocycles. The molecule has 0 spiro atoms. The van der Waals surface area contributed by atoms with Crippen LogP contribution in [0.2, 0.25) is 0 Å². The summed E-state index contributed by atoms with van der Waals surface area (Å²) < 4.78 is 14.9. The summed E-state index contributed by atoms with van der Waals surface area (Å²) in [5, 5.41) is 1.90. The van der Waals surface area contributed by atoms with Crippen molar-refractivity contribution < 1.29 is 19.0 Å². The number of ether oxygens (including phenoxy) is 3. The van der Waals surface area contributed by atoms with Crippen LogP contribution in [0, 0.1) is 0 Å². The van der Waals surface area contributed by atoms with E-state index in [-0.39, 0.29) is 24.5 Å². The van der Waals surface area contributed by atoms with Crippen molar-refractivity contribution in [3.05, 3.63) is 12.0 Å². The molecule has 6 nitrogen and oxygen atoms in total. The number of carbonyl (C=O) groups is 1. The van der Waals surface area contributed by atoms with Crippen molar-refractivity contribution in [3.63, 3.8) is 0 Å². The number of amides is 1. The van der Waals surface area contributed by atoms with Crippen LogP contribution in [0.3, 0.4) is 0 Å². The average Bonchev–Trinajstić information content (AvgIpc) is 2.90. The monoisotopic (exact) mass is 228 g/mol. The Morgan fingerprint density at radius 3 is 3.31 bits per heavy atom. The SMILES string of the molecule is COC[C@@H]1CCCN1NC(=O)C1=COCO1. The Kier molecular flexibility index (Phi) is 3.63. The van der Waals surface area contributed by atoms with Crippen molar-refractivity contribution in [1.29, 1.82) is 0 Å². The Hall–Kier alpha value is -1.27. The van der Waals surface area contributed by atoms with Gasteiger partial charge in [-0.1, -0.05) is 0 Å². The minimum Gasteiger partial charge on any atom is -0.461 e. The second-order valence-electron chi connectivity index (χ2n) is 3.80. The van der Waals surface area contributed by atoms with E-state index in [4.69, 9.17) is 14.2 Å². The molecule has 2 aliphatic heterocycles. The van der Waals surface area contributed by atoms with Crippen molar-refractivity contribution in [3.8, 4) is 0 Å². The number of hydrogen-bond donors (Lipinski definition) is 1. The summed E-state index contributed by atoms with van der Waals surface area (Å²) in [5.41, 5.74) is 2.80. The van der Waals surface area contributed by atoms with Crippen molar-refractivity contribution in [2.75, 3.05) is 27.1 Å². The van der Waals surface area contributed by atoms with Crippen LogP contribution >= 0.6 is 0 Å². The van der Waals surface area contributed by atoms with Gasteiger partial charge in [0.2, 0.25) is 12.6 Å². The van der Waals surface area contributed by atoms with Gasteiger partial charge in [0.25, 0.3) is 0 Å². The summed E-state index contributed by atoms with van der Waals surface area (Å²) in [4.78, 5) is 11.7. The van der Waals surface area contributed by atoms with E-state index >= 15 is 0 Å². The lowest BCUT2D eigenvalue weighted by atomic mass is 10.2. The van der Waals surface area contributed by atoms with E-state index in [2.05, 4.69) is 5.43 Å². The van der Waals surface area contributed by atoms with Gasteiger partial charge in [-0.3, -0.25) is 10.2 Å². The molecular formula is C10H16N2O4. The van der Waals surface area contributed by atoms with Gasteiger partial charge in [0, 0.05) is 13.7 Å². The summed E-state index contributed by atoms with van der Waals surface area (Å²) in [5.74, 6) is -0.0384. The van der Waals surface area contributed by atoms with E-state index in [1.807, 2.05) is 5.01 Å². The largest absolute Gasteiger partial charge is 0.461 e. The number of carbonyl (C=O) groups excluding carboxylic acids is 1. The second-order valence-corrected chi connectivity index (χ2v) is 3.80. The molecule has 1 N–H and O–H groups in total. The zero-order chi connectivity index (χ0) is 11.4. The molecular weight excluding hydrogens is 212 g/mol. The number of hydrogen-bond acceptors (Lipinski definition) is 5. The van der Waals surface area contributed by atoms with Gasteiger partial charge in [-0.15, -0.1) is 0 Å². The summed E-state index contributed by atoms with van der Waals surface area (Å²) in [6, 6.07) is 0.247. The predicted molar refractivity (Wildman–Crippen MR) is 54.9 cm³/mol. The van der Waals surface area contributed by atoms with Gasteiger partial charge >= 0.3 is 5.91 Å². The topological polar surface area (TPSA) is 60.0 Å². The van der Waals surface area contributed by atoms with Gasteiger partial charge in [-0.25, -0.2) is 5.01 Å². The Balaban J connectivity index is 1.85. The van der Waals surface area contributed by atoms with Crippen LogP contribution in [0.15, 0.2) is 12.0 Å².